The number of hydrogen-bond donors (Lipinski definition) is 1. The molecule has 0 aliphatic carbocycles. The number of rotatable bonds is 4. The molecule has 0 fully saturated rings. The fourth-order valence-corrected chi connectivity index (χ4v) is 2.24. The SMILES string of the molecule is Cc1cc(NCc2cn3ccccc3n2)ccc1[N+](=O)[O-]. The van der Waals surface area contributed by atoms with Gasteiger partial charge >= 0.3 is 0 Å². The van der Waals surface area contributed by atoms with E-state index in [1.807, 2.05) is 35.0 Å². The molecule has 0 unspecified atom stereocenters. The Kier molecular flexibility index (Phi) is 3.27. The van der Waals surface area contributed by atoms with Gasteiger partial charge < -0.3 is 9.72 Å². The lowest BCUT2D eigenvalue weighted by atomic mass is 10.2. The lowest BCUT2D eigenvalue weighted by Gasteiger charge is -2.05. The Labute approximate surface area is 121 Å². The average Bonchev–Trinajstić information content (AvgIpc) is 2.87. The molecular weight excluding hydrogens is 268 g/mol. The van der Waals surface area contributed by atoms with Crippen molar-refractivity contribution < 1.29 is 4.92 Å². The number of nitrogens with one attached hydrogen (secondary N) is 1. The number of aryl methyl sites for hydroxylation is 1. The van der Waals surface area contributed by atoms with Crippen LogP contribution in [0.2, 0.25) is 0 Å². The summed E-state index contributed by atoms with van der Waals surface area (Å²) < 4.78 is 1.96. The second kappa shape index (κ2) is 5.24. The molecule has 0 amide bonds. The number of hydrogen-bond acceptors (Lipinski definition) is 4. The maximum absolute atomic E-state index is 10.8. The summed E-state index contributed by atoms with van der Waals surface area (Å²) in [4.78, 5) is 14.9. The molecule has 0 aliphatic rings. The van der Waals surface area contributed by atoms with Gasteiger partial charge in [0.15, 0.2) is 0 Å². The number of pyridine rings is 1. The quantitative estimate of drug-likeness (QED) is 0.589. The Morgan fingerprint density at radius 1 is 1.33 bits per heavy atom. The van der Waals surface area contributed by atoms with Gasteiger partial charge in [0.1, 0.15) is 5.65 Å². The number of nitro groups is 1. The van der Waals surface area contributed by atoms with Crippen LogP contribution in [0.1, 0.15) is 11.3 Å². The van der Waals surface area contributed by atoms with Crippen LogP contribution in [0.3, 0.4) is 0 Å². The molecule has 0 saturated heterocycles. The number of nitrogens with zero attached hydrogens (tertiary/aromatic N) is 3. The number of imidazole rings is 1. The molecule has 0 aliphatic heterocycles. The van der Waals surface area contributed by atoms with Gasteiger partial charge in [-0.2, -0.15) is 0 Å². The van der Waals surface area contributed by atoms with Crippen molar-refractivity contribution in [2.24, 2.45) is 0 Å². The van der Waals surface area contributed by atoms with E-state index in [0.29, 0.717) is 12.1 Å². The van der Waals surface area contributed by atoms with Crippen molar-refractivity contribution in [3.05, 3.63) is 70.2 Å². The fraction of sp³-hybridized carbons (Fsp3) is 0.133. The van der Waals surface area contributed by atoms with Crippen LogP contribution < -0.4 is 5.32 Å². The number of anilines is 1. The molecule has 106 valence electrons. The molecule has 2 heterocycles. The lowest BCUT2D eigenvalue weighted by Crippen LogP contribution is -2.00. The van der Waals surface area contributed by atoms with Crippen molar-refractivity contribution in [1.29, 1.82) is 0 Å². The molecule has 6 nitrogen and oxygen atoms in total. The summed E-state index contributed by atoms with van der Waals surface area (Å²) in [6.07, 6.45) is 3.91. The van der Waals surface area contributed by atoms with E-state index < -0.39 is 0 Å². The monoisotopic (exact) mass is 282 g/mol. The molecule has 0 spiro atoms. The van der Waals surface area contributed by atoms with E-state index in [1.54, 1.807) is 19.1 Å². The van der Waals surface area contributed by atoms with Crippen molar-refractivity contribution in [3.8, 4) is 0 Å². The van der Waals surface area contributed by atoms with Crippen molar-refractivity contribution in [3.63, 3.8) is 0 Å². The van der Waals surface area contributed by atoms with Gasteiger partial charge in [-0.1, -0.05) is 6.07 Å². The van der Waals surface area contributed by atoms with Crippen molar-refractivity contribution in [2.45, 2.75) is 13.5 Å². The number of nitro benzene ring substituents is 1. The predicted octanol–water partition coefficient (Wildman–Crippen LogP) is 3.16. The number of fused-ring (bicyclic) bond motifs is 1. The van der Waals surface area contributed by atoms with Gasteiger partial charge in [-0.3, -0.25) is 10.1 Å². The summed E-state index contributed by atoms with van der Waals surface area (Å²) in [7, 11) is 0. The zero-order chi connectivity index (χ0) is 14.8. The van der Waals surface area contributed by atoms with Gasteiger partial charge in [0.25, 0.3) is 5.69 Å². The summed E-state index contributed by atoms with van der Waals surface area (Å²) in [5.74, 6) is 0. The maximum Gasteiger partial charge on any atom is 0.272 e. The molecule has 3 aromatic rings. The van der Waals surface area contributed by atoms with E-state index >= 15 is 0 Å². The van der Waals surface area contributed by atoms with E-state index in [4.69, 9.17) is 0 Å². The first kappa shape index (κ1) is 13.1. The molecule has 6 heteroatoms. The molecule has 2 aromatic heterocycles. The van der Waals surface area contributed by atoms with E-state index in [1.165, 1.54) is 6.07 Å². The Morgan fingerprint density at radius 2 is 2.19 bits per heavy atom. The zero-order valence-electron chi connectivity index (χ0n) is 11.5. The smallest absolute Gasteiger partial charge is 0.272 e. The minimum Gasteiger partial charge on any atom is -0.379 e. The molecule has 3 rings (SSSR count). The van der Waals surface area contributed by atoms with Gasteiger partial charge in [0, 0.05) is 29.7 Å². The highest BCUT2D eigenvalue weighted by atomic mass is 16.6. The minimum atomic E-state index is -0.374. The first-order valence-electron chi connectivity index (χ1n) is 6.55. The summed E-state index contributed by atoms with van der Waals surface area (Å²) in [6, 6.07) is 10.8. The van der Waals surface area contributed by atoms with Crippen LogP contribution in [0.15, 0.2) is 48.8 Å². The lowest BCUT2D eigenvalue weighted by molar-refractivity contribution is -0.385. The Morgan fingerprint density at radius 3 is 2.90 bits per heavy atom. The second-order valence-electron chi connectivity index (χ2n) is 4.81. The van der Waals surface area contributed by atoms with Crippen LogP contribution in [-0.2, 0) is 6.54 Å². The third kappa shape index (κ3) is 2.69. The molecule has 0 atom stereocenters. The van der Waals surface area contributed by atoms with Crippen LogP contribution in [0.4, 0.5) is 11.4 Å². The van der Waals surface area contributed by atoms with Gasteiger partial charge in [-0.05, 0) is 31.2 Å². The van der Waals surface area contributed by atoms with Gasteiger partial charge in [-0.25, -0.2) is 4.98 Å². The summed E-state index contributed by atoms with van der Waals surface area (Å²) >= 11 is 0. The van der Waals surface area contributed by atoms with Crippen molar-refractivity contribution in [2.75, 3.05) is 5.32 Å². The van der Waals surface area contributed by atoms with Gasteiger partial charge in [0.2, 0.25) is 0 Å². The summed E-state index contributed by atoms with van der Waals surface area (Å²) in [5.41, 5.74) is 3.43. The number of benzene rings is 1. The van der Waals surface area contributed by atoms with Crippen molar-refractivity contribution in [1.82, 2.24) is 9.38 Å². The van der Waals surface area contributed by atoms with Crippen LogP contribution in [0.25, 0.3) is 5.65 Å². The maximum atomic E-state index is 10.8. The second-order valence-corrected chi connectivity index (χ2v) is 4.81. The first-order chi connectivity index (χ1) is 10.1. The topological polar surface area (TPSA) is 72.5 Å². The van der Waals surface area contributed by atoms with Crippen molar-refractivity contribution >= 4 is 17.0 Å². The van der Waals surface area contributed by atoms with Gasteiger partial charge in [-0.15, -0.1) is 0 Å². The van der Waals surface area contributed by atoms with E-state index in [2.05, 4.69) is 10.3 Å². The summed E-state index contributed by atoms with van der Waals surface area (Å²) in [5, 5.41) is 14.0. The third-order valence-corrected chi connectivity index (χ3v) is 3.28. The third-order valence-electron chi connectivity index (χ3n) is 3.28. The molecule has 0 saturated carbocycles. The largest absolute Gasteiger partial charge is 0.379 e. The first-order valence-corrected chi connectivity index (χ1v) is 6.55. The highest BCUT2D eigenvalue weighted by molar-refractivity contribution is 5.53. The number of aromatic nitrogens is 2. The van der Waals surface area contributed by atoms with Crippen LogP contribution in [0.5, 0.6) is 0 Å². The minimum absolute atomic E-state index is 0.133. The van der Waals surface area contributed by atoms with E-state index in [-0.39, 0.29) is 10.6 Å². The summed E-state index contributed by atoms with van der Waals surface area (Å²) in [6.45, 7) is 2.30. The molecule has 1 aromatic carbocycles. The Bertz CT molecular complexity index is 777. The molecular formula is C15H14N4O2. The Balaban J connectivity index is 1.75. The van der Waals surface area contributed by atoms with Crippen LogP contribution in [-0.4, -0.2) is 14.3 Å². The fourth-order valence-electron chi connectivity index (χ4n) is 2.24. The standard InChI is InChI=1S/C15H14N4O2/c1-11-8-12(5-6-14(11)19(20)21)16-9-13-10-18-7-3-2-4-15(18)17-13/h2-8,10,16H,9H2,1H3. The molecule has 0 bridgehead atoms. The average molecular weight is 282 g/mol. The Hall–Kier alpha value is -2.89. The highest BCUT2D eigenvalue weighted by Gasteiger charge is 2.10. The molecule has 1 N–H and O–H groups in total. The normalized spacial score (nSPS) is 10.7. The molecule has 21 heavy (non-hydrogen) atoms. The highest BCUT2D eigenvalue weighted by Crippen LogP contribution is 2.21. The van der Waals surface area contributed by atoms with E-state index in [0.717, 1.165) is 17.0 Å². The van der Waals surface area contributed by atoms with E-state index in [9.17, 15) is 10.1 Å². The molecule has 0 radical (unpaired) electrons. The van der Waals surface area contributed by atoms with Crippen LogP contribution >= 0.6 is 0 Å². The zero-order valence-corrected chi connectivity index (χ0v) is 11.5. The predicted molar refractivity (Wildman–Crippen MR) is 80.4 cm³/mol. The van der Waals surface area contributed by atoms with Crippen LogP contribution in [0, 0.1) is 17.0 Å². The van der Waals surface area contributed by atoms with Gasteiger partial charge in [0.05, 0.1) is 17.2 Å².